The summed E-state index contributed by atoms with van der Waals surface area (Å²) in [7, 11) is 3.03. The van der Waals surface area contributed by atoms with Gasteiger partial charge in [0, 0.05) is 20.6 Å². The van der Waals surface area contributed by atoms with Crippen LogP contribution in [0.15, 0.2) is 39.9 Å². The molecular weight excluding hydrogens is 310 g/mol. The number of imidazole rings is 1. The third-order valence-electron chi connectivity index (χ3n) is 3.93. The van der Waals surface area contributed by atoms with Crippen LogP contribution in [0.5, 0.6) is 0 Å². The Hall–Kier alpha value is -2.87. The van der Waals surface area contributed by atoms with Crippen LogP contribution in [-0.2, 0) is 20.6 Å². The van der Waals surface area contributed by atoms with E-state index >= 15 is 0 Å². The molecule has 0 bridgehead atoms. The number of hydrogen-bond donors (Lipinski definition) is 2. The fourth-order valence-corrected chi connectivity index (χ4v) is 2.67. The van der Waals surface area contributed by atoms with Gasteiger partial charge in [0.2, 0.25) is 5.95 Å². The van der Waals surface area contributed by atoms with Crippen LogP contribution in [0.2, 0.25) is 0 Å². The van der Waals surface area contributed by atoms with E-state index in [1.165, 1.54) is 11.6 Å². The molecule has 2 heterocycles. The molecule has 8 heteroatoms. The molecule has 8 nitrogen and oxygen atoms in total. The number of fused-ring (bicyclic) bond motifs is 1. The summed E-state index contributed by atoms with van der Waals surface area (Å²) in [5, 5.41) is 12.1. The second kappa shape index (κ2) is 6.32. The fourth-order valence-electron chi connectivity index (χ4n) is 2.67. The zero-order chi connectivity index (χ0) is 17.3. The predicted molar refractivity (Wildman–Crippen MR) is 91.3 cm³/mol. The van der Waals surface area contributed by atoms with E-state index in [4.69, 9.17) is 5.11 Å². The number of anilines is 1. The summed E-state index contributed by atoms with van der Waals surface area (Å²) in [5.74, 6) is 0.446. The summed E-state index contributed by atoms with van der Waals surface area (Å²) in [6, 6.07) is 9.66. The monoisotopic (exact) mass is 329 g/mol. The Balaban J connectivity index is 2.27. The minimum Gasteiger partial charge on any atom is -0.395 e. The maximum atomic E-state index is 12.6. The zero-order valence-electron chi connectivity index (χ0n) is 13.6. The van der Waals surface area contributed by atoms with Crippen molar-refractivity contribution in [3.8, 4) is 0 Å². The van der Waals surface area contributed by atoms with Gasteiger partial charge < -0.3 is 10.4 Å². The third-order valence-corrected chi connectivity index (χ3v) is 3.93. The smallest absolute Gasteiger partial charge is 0.332 e. The minimum absolute atomic E-state index is 0.0640. The molecule has 3 rings (SSSR count). The first-order chi connectivity index (χ1) is 11.5. The quantitative estimate of drug-likeness (QED) is 0.681. The summed E-state index contributed by atoms with van der Waals surface area (Å²) in [4.78, 5) is 29.1. The Morgan fingerprint density at radius 3 is 2.50 bits per heavy atom. The molecule has 3 aromatic rings. The van der Waals surface area contributed by atoms with Crippen LogP contribution < -0.4 is 16.6 Å². The predicted octanol–water partition coefficient (Wildman–Crippen LogP) is -0.114. The lowest BCUT2D eigenvalue weighted by atomic mass is 10.2. The number of hydrogen-bond acceptors (Lipinski definition) is 5. The molecule has 0 saturated heterocycles. The van der Waals surface area contributed by atoms with Crippen LogP contribution in [0.3, 0.4) is 0 Å². The van der Waals surface area contributed by atoms with Crippen molar-refractivity contribution in [2.45, 2.75) is 6.54 Å². The molecular formula is C16H19N5O3. The number of nitrogens with one attached hydrogen (secondary N) is 1. The lowest BCUT2D eigenvalue weighted by Crippen LogP contribution is -2.37. The van der Waals surface area contributed by atoms with Gasteiger partial charge >= 0.3 is 5.69 Å². The first-order valence-corrected chi connectivity index (χ1v) is 7.59. The molecule has 0 radical (unpaired) electrons. The van der Waals surface area contributed by atoms with Gasteiger partial charge in [-0.25, -0.2) is 4.79 Å². The highest BCUT2D eigenvalue weighted by Crippen LogP contribution is 2.17. The Morgan fingerprint density at radius 1 is 1.12 bits per heavy atom. The first-order valence-electron chi connectivity index (χ1n) is 7.59. The molecule has 0 aliphatic heterocycles. The highest BCUT2D eigenvalue weighted by molar-refractivity contribution is 5.74. The van der Waals surface area contributed by atoms with Crippen molar-refractivity contribution in [1.82, 2.24) is 18.7 Å². The van der Waals surface area contributed by atoms with Gasteiger partial charge in [-0.05, 0) is 5.56 Å². The number of aryl methyl sites for hydroxylation is 1. The van der Waals surface area contributed by atoms with Crippen molar-refractivity contribution >= 4 is 17.1 Å². The Kier molecular flexibility index (Phi) is 4.22. The molecule has 0 unspecified atom stereocenters. The Bertz CT molecular complexity index is 985. The van der Waals surface area contributed by atoms with Crippen LogP contribution in [0.1, 0.15) is 5.56 Å². The largest absolute Gasteiger partial charge is 0.395 e. The van der Waals surface area contributed by atoms with Gasteiger partial charge in [-0.3, -0.25) is 18.5 Å². The summed E-state index contributed by atoms with van der Waals surface area (Å²) >= 11 is 0. The topological polar surface area (TPSA) is 94.1 Å². The van der Waals surface area contributed by atoms with Crippen molar-refractivity contribution in [3.63, 3.8) is 0 Å². The Labute approximate surface area is 137 Å². The molecule has 126 valence electrons. The van der Waals surface area contributed by atoms with E-state index in [0.29, 0.717) is 30.2 Å². The summed E-state index contributed by atoms with van der Waals surface area (Å²) in [5.41, 5.74) is 0.849. The van der Waals surface area contributed by atoms with Crippen molar-refractivity contribution in [2.24, 2.45) is 14.1 Å². The second-order valence-corrected chi connectivity index (χ2v) is 5.54. The molecule has 24 heavy (non-hydrogen) atoms. The highest BCUT2D eigenvalue weighted by Gasteiger charge is 2.19. The maximum absolute atomic E-state index is 12.6. The van der Waals surface area contributed by atoms with Crippen LogP contribution >= 0.6 is 0 Å². The van der Waals surface area contributed by atoms with Crippen LogP contribution in [0.25, 0.3) is 11.2 Å². The van der Waals surface area contributed by atoms with Crippen LogP contribution in [-0.4, -0.2) is 36.9 Å². The number of aliphatic hydroxyl groups is 1. The van der Waals surface area contributed by atoms with E-state index in [0.717, 1.165) is 10.1 Å². The molecule has 0 aliphatic rings. The standard InChI is InChI=1S/C16H19N5O3/c1-19-13-12(14(23)20(2)16(19)24)21(15(18-13)17-8-9-22)10-11-6-4-3-5-7-11/h3-7,22H,8-10H2,1-2H3,(H,17,18). The number of nitrogens with zero attached hydrogens (tertiary/aromatic N) is 4. The van der Waals surface area contributed by atoms with Gasteiger partial charge in [0.05, 0.1) is 13.2 Å². The van der Waals surface area contributed by atoms with E-state index in [9.17, 15) is 9.59 Å². The van der Waals surface area contributed by atoms with E-state index in [2.05, 4.69) is 10.3 Å². The normalized spacial score (nSPS) is 11.1. The Morgan fingerprint density at radius 2 is 1.83 bits per heavy atom. The average Bonchev–Trinajstić information content (AvgIpc) is 2.95. The molecule has 0 fully saturated rings. The van der Waals surface area contributed by atoms with E-state index < -0.39 is 11.2 Å². The average molecular weight is 329 g/mol. The first kappa shape index (κ1) is 16.0. The zero-order valence-corrected chi connectivity index (χ0v) is 13.6. The van der Waals surface area contributed by atoms with Gasteiger partial charge in [0.15, 0.2) is 11.2 Å². The van der Waals surface area contributed by atoms with E-state index in [-0.39, 0.29) is 6.61 Å². The van der Waals surface area contributed by atoms with Crippen molar-refractivity contribution in [3.05, 3.63) is 56.7 Å². The molecule has 0 amide bonds. The third kappa shape index (κ3) is 2.61. The van der Waals surface area contributed by atoms with Crippen molar-refractivity contribution in [2.75, 3.05) is 18.5 Å². The van der Waals surface area contributed by atoms with E-state index in [1.807, 2.05) is 30.3 Å². The number of aromatic nitrogens is 4. The minimum atomic E-state index is -0.425. The van der Waals surface area contributed by atoms with Crippen molar-refractivity contribution in [1.29, 1.82) is 0 Å². The second-order valence-electron chi connectivity index (χ2n) is 5.54. The van der Waals surface area contributed by atoms with Crippen LogP contribution in [0.4, 0.5) is 5.95 Å². The maximum Gasteiger partial charge on any atom is 0.332 e. The fraction of sp³-hybridized carbons (Fsp3) is 0.312. The molecule has 0 atom stereocenters. The highest BCUT2D eigenvalue weighted by atomic mass is 16.3. The van der Waals surface area contributed by atoms with E-state index in [1.54, 1.807) is 11.6 Å². The van der Waals surface area contributed by atoms with Gasteiger partial charge in [-0.2, -0.15) is 4.98 Å². The van der Waals surface area contributed by atoms with Crippen LogP contribution in [0, 0.1) is 0 Å². The number of aliphatic hydroxyl groups excluding tert-OH is 1. The summed E-state index contributed by atoms with van der Waals surface area (Å²) < 4.78 is 4.16. The lowest BCUT2D eigenvalue weighted by molar-refractivity contribution is 0.310. The molecule has 0 aliphatic carbocycles. The van der Waals surface area contributed by atoms with Gasteiger partial charge in [0.25, 0.3) is 5.56 Å². The summed E-state index contributed by atoms with van der Waals surface area (Å²) in [6.07, 6.45) is 0. The molecule has 2 N–H and O–H groups in total. The molecule has 0 saturated carbocycles. The number of rotatable bonds is 5. The van der Waals surface area contributed by atoms with Gasteiger partial charge in [-0.1, -0.05) is 30.3 Å². The van der Waals surface area contributed by atoms with Crippen molar-refractivity contribution < 1.29 is 5.11 Å². The molecule has 1 aromatic carbocycles. The number of benzene rings is 1. The van der Waals surface area contributed by atoms with Gasteiger partial charge in [0.1, 0.15) is 0 Å². The molecule has 0 spiro atoms. The molecule has 2 aromatic heterocycles. The lowest BCUT2D eigenvalue weighted by Gasteiger charge is -2.10. The summed E-state index contributed by atoms with van der Waals surface area (Å²) in [6.45, 7) is 0.663. The van der Waals surface area contributed by atoms with Gasteiger partial charge in [-0.15, -0.1) is 0 Å². The SMILES string of the molecule is Cn1c(=O)c2c(nc(NCCO)n2Cc2ccccc2)n(C)c1=O.